The van der Waals surface area contributed by atoms with Crippen LogP contribution >= 0.6 is 0 Å². The van der Waals surface area contributed by atoms with E-state index in [1.807, 2.05) is 6.07 Å². The number of benzene rings is 1. The molecule has 0 spiro atoms. The van der Waals surface area contributed by atoms with Crippen molar-refractivity contribution >= 4 is 5.78 Å². The number of hydrogen-bond acceptors (Lipinski definition) is 2. The summed E-state index contributed by atoms with van der Waals surface area (Å²) >= 11 is 0. The van der Waals surface area contributed by atoms with Crippen LogP contribution in [0.3, 0.4) is 0 Å². The molecule has 0 saturated heterocycles. The number of Topliss-reactive ketones (excluding diaryl/α,β-unsaturated/α-hetero) is 1. The van der Waals surface area contributed by atoms with Crippen molar-refractivity contribution in [2.45, 2.75) is 31.6 Å². The summed E-state index contributed by atoms with van der Waals surface area (Å²) in [5.41, 5.74) is 2.99. The summed E-state index contributed by atoms with van der Waals surface area (Å²) in [4.78, 5) is 16.9. The van der Waals surface area contributed by atoms with Crippen molar-refractivity contribution in [3.8, 4) is 0 Å². The van der Waals surface area contributed by atoms with Gasteiger partial charge in [-0.25, -0.2) is 4.39 Å². The fourth-order valence-electron chi connectivity index (χ4n) is 2.85. The number of aromatic nitrogens is 1. The van der Waals surface area contributed by atoms with Crippen LogP contribution in [0.5, 0.6) is 0 Å². The van der Waals surface area contributed by atoms with E-state index in [2.05, 4.69) is 11.1 Å². The number of hydrogen-bond donors (Lipinski definition) is 0. The minimum absolute atomic E-state index is 0.106. The summed E-state index contributed by atoms with van der Waals surface area (Å²) in [6, 6.07) is 10.1. The molecule has 0 fully saturated rings. The first-order valence-corrected chi connectivity index (χ1v) is 6.95. The Hall–Kier alpha value is -2.03. The van der Waals surface area contributed by atoms with E-state index >= 15 is 0 Å². The average molecular weight is 269 g/mol. The average Bonchev–Trinajstić information content (AvgIpc) is 2.49. The SMILES string of the molecule is O=C(Cc1ccc(F)cc1)C1CCCc2cccnc21. The molecule has 1 aromatic carbocycles. The molecule has 3 heteroatoms. The highest BCUT2D eigenvalue weighted by Gasteiger charge is 2.27. The highest BCUT2D eigenvalue weighted by molar-refractivity contribution is 5.87. The van der Waals surface area contributed by atoms with Crippen molar-refractivity contribution in [1.82, 2.24) is 4.98 Å². The molecule has 0 bridgehead atoms. The van der Waals surface area contributed by atoms with Gasteiger partial charge in [0, 0.05) is 12.6 Å². The third kappa shape index (κ3) is 2.62. The Kier molecular flexibility index (Phi) is 3.59. The first kappa shape index (κ1) is 13.0. The van der Waals surface area contributed by atoms with Crippen molar-refractivity contribution < 1.29 is 9.18 Å². The molecule has 2 nitrogen and oxygen atoms in total. The molecule has 0 radical (unpaired) electrons. The number of fused-ring (bicyclic) bond motifs is 1. The zero-order valence-electron chi connectivity index (χ0n) is 11.2. The minimum Gasteiger partial charge on any atom is -0.299 e. The van der Waals surface area contributed by atoms with Crippen LogP contribution in [-0.2, 0) is 17.6 Å². The molecule has 1 heterocycles. The van der Waals surface area contributed by atoms with Crippen LogP contribution in [0.25, 0.3) is 0 Å². The van der Waals surface area contributed by atoms with Gasteiger partial charge in [-0.15, -0.1) is 0 Å². The van der Waals surface area contributed by atoms with Crippen LogP contribution in [0.15, 0.2) is 42.6 Å². The predicted molar refractivity (Wildman–Crippen MR) is 75.0 cm³/mol. The lowest BCUT2D eigenvalue weighted by Gasteiger charge is -2.23. The van der Waals surface area contributed by atoms with Crippen molar-refractivity contribution in [3.05, 3.63) is 65.2 Å². The van der Waals surface area contributed by atoms with E-state index in [-0.39, 0.29) is 17.5 Å². The van der Waals surface area contributed by atoms with Gasteiger partial charge < -0.3 is 0 Å². The molecule has 0 aliphatic heterocycles. The smallest absolute Gasteiger partial charge is 0.146 e. The Morgan fingerprint density at radius 1 is 1.25 bits per heavy atom. The monoisotopic (exact) mass is 269 g/mol. The van der Waals surface area contributed by atoms with Crippen LogP contribution in [0.1, 0.15) is 35.6 Å². The zero-order valence-corrected chi connectivity index (χ0v) is 11.2. The van der Waals surface area contributed by atoms with E-state index in [0.29, 0.717) is 6.42 Å². The van der Waals surface area contributed by atoms with Crippen molar-refractivity contribution in [3.63, 3.8) is 0 Å². The molecule has 1 unspecified atom stereocenters. The molecule has 1 aliphatic rings. The summed E-state index contributed by atoms with van der Waals surface area (Å²) < 4.78 is 12.9. The third-order valence-corrected chi connectivity index (χ3v) is 3.88. The number of rotatable bonds is 3. The first-order valence-electron chi connectivity index (χ1n) is 6.95. The number of ketones is 1. The van der Waals surface area contributed by atoms with Gasteiger partial charge in [-0.2, -0.15) is 0 Å². The van der Waals surface area contributed by atoms with Gasteiger partial charge in [0.2, 0.25) is 0 Å². The molecule has 0 N–H and O–H groups in total. The van der Waals surface area contributed by atoms with E-state index < -0.39 is 0 Å². The van der Waals surface area contributed by atoms with Crippen LogP contribution in [0.4, 0.5) is 4.39 Å². The van der Waals surface area contributed by atoms with Gasteiger partial charge in [-0.05, 0) is 48.6 Å². The van der Waals surface area contributed by atoms with Gasteiger partial charge in [0.25, 0.3) is 0 Å². The maximum absolute atomic E-state index is 12.9. The van der Waals surface area contributed by atoms with Crippen LogP contribution in [0, 0.1) is 5.82 Å². The Balaban J connectivity index is 1.80. The third-order valence-electron chi connectivity index (χ3n) is 3.88. The van der Waals surface area contributed by atoms with E-state index in [0.717, 1.165) is 30.5 Å². The topological polar surface area (TPSA) is 30.0 Å². The molecular formula is C17H16FNO. The van der Waals surface area contributed by atoms with Gasteiger partial charge in [0.15, 0.2) is 0 Å². The van der Waals surface area contributed by atoms with Crippen molar-refractivity contribution in [2.24, 2.45) is 0 Å². The molecule has 2 aromatic rings. The van der Waals surface area contributed by atoms with Crippen LogP contribution in [0.2, 0.25) is 0 Å². The fourth-order valence-corrected chi connectivity index (χ4v) is 2.85. The molecule has 1 aromatic heterocycles. The van der Waals surface area contributed by atoms with Crippen LogP contribution in [-0.4, -0.2) is 10.8 Å². The summed E-state index contributed by atoms with van der Waals surface area (Å²) in [5, 5.41) is 0. The molecule has 102 valence electrons. The lowest BCUT2D eigenvalue weighted by Crippen LogP contribution is -2.21. The van der Waals surface area contributed by atoms with Gasteiger partial charge >= 0.3 is 0 Å². The highest BCUT2D eigenvalue weighted by Crippen LogP contribution is 2.31. The quantitative estimate of drug-likeness (QED) is 0.854. The summed E-state index contributed by atoms with van der Waals surface area (Å²) in [5.74, 6) is -0.202. The molecular weight excluding hydrogens is 253 g/mol. The first-order chi connectivity index (χ1) is 9.74. The maximum atomic E-state index is 12.9. The number of carbonyl (C=O) groups is 1. The Bertz CT molecular complexity index is 621. The van der Waals surface area contributed by atoms with E-state index in [9.17, 15) is 9.18 Å². The predicted octanol–water partition coefficient (Wildman–Crippen LogP) is 3.45. The molecule has 0 amide bonds. The normalized spacial score (nSPS) is 17.6. The number of aryl methyl sites for hydroxylation is 1. The number of halogens is 1. The lowest BCUT2D eigenvalue weighted by molar-refractivity contribution is -0.120. The van der Waals surface area contributed by atoms with Crippen molar-refractivity contribution in [2.75, 3.05) is 0 Å². The molecule has 3 rings (SSSR count). The molecule has 0 saturated carbocycles. The van der Waals surface area contributed by atoms with Gasteiger partial charge in [-0.3, -0.25) is 9.78 Å². The van der Waals surface area contributed by atoms with Gasteiger partial charge in [0.1, 0.15) is 11.6 Å². The minimum atomic E-state index is -0.272. The fraction of sp³-hybridized carbons (Fsp3) is 0.294. The Morgan fingerprint density at radius 3 is 2.85 bits per heavy atom. The summed E-state index contributed by atoms with van der Waals surface area (Å²) in [7, 11) is 0. The van der Waals surface area contributed by atoms with Gasteiger partial charge in [0.05, 0.1) is 11.6 Å². The van der Waals surface area contributed by atoms with E-state index in [1.165, 1.54) is 17.7 Å². The molecule has 1 atom stereocenters. The van der Waals surface area contributed by atoms with E-state index in [1.54, 1.807) is 18.3 Å². The largest absolute Gasteiger partial charge is 0.299 e. The lowest BCUT2D eigenvalue weighted by atomic mass is 9.82. The number of carbonyl (C=O) groups excluding carboxylic acids is 1. The summed E-state index contributed by atoms with van der Waals surface area (Å²) in [6.07, 6.45) is 5.00. The summed E-state index contributed by atoms with van der Waals surface area (Å²) in [6.45, 7) is 0. The number of nitrogens with zero attached hydrogens (tertiary/aromatic N) is 1. The Labute approximate surface area is 117 Å². The standard InChI is InChI=1S/C17H16FNO/c18-14-8-6-12(7-9-14)11-16(20)15-5-1-3-13-4-2-10-19-17(13)15/h2,4,6-10,15H,1,3,5,11H2. The van der Waals surface area contributed by atoms with Crippen molar-refractivity contribution in [1.29, 1.82) is 0 Å². The Morgan fingerprint density at radius 2 is 2.05 bits per heavy atom. The molecule has 20 heavy (non-hydrogen) atoms. The van der Waals surface area contributed by atoms with Gasteiger partial charge in [-0.1, -0.05) is 18.2 Å². The van der Waals surface area contributed by atoms with E-state index in [4.69, 9.17) is 0 Å². The second kappa shape index (κ2) is 5.53. The van der Waals surface area contributed by atoms with Crippen LogP contribution < -0.4 is 0 Å². The maximum Gasteiger partial charge on any atom is 0.146 e. The second-order valence-corrected chi connectivity index (χ2v) is 5.26. The number of pyridine rings is 1. The second-order valence-electron chi connectivity index (χ2n) is 5.26. The highest BCUT2D eigenvalue weighted by atomic mass is 19.1. The zero-order chi connectivity index (χ0) is 13.9. The molecule has 1 aliphatic carbocycles.